The average molecular weight is 366 g/mol. The second kappa shape index (κ2) is 7.83. The van der Waals surface area contributed by atoms with Crippen molar-refractivity contribution in [2.24, 2.45) is 5.92 Å². The van der Waals surface area contributed by atoms with E-state index in [1.54, 1.807) is 41.2 Å². The summed E-state index contributed by atoms with van der Waals surface area (Å²) in [5.41, 5.74) is 0.691. The number of nitrogens with zero attached hydrogens (tertiary/aromatic N) is 2. The number of benzene rings is 1. The van der Waals surface area contributed by atoms with Gasteiger partial charge in [-0.05, 0) is 24.1 Å². The third-order valence-electron chi connectivity index (χ3n) is 3.82. The van der Waals surface area contributed by atoms with E-state index in [1.165, 1.54) is 6.08 Å². The van der Waals surface area contributed by atoms with Gasteiger partial charge < -0.3 is 10.1 Å². The average Bonchev–Trinajstić information content (AvgIpc) is 3.22. The fraction of sp³-hybridized carbons (Fsp3) is 0.294. The first-order chi connectivity index (χ1) is 11.6. The number of hydrogen-bond donors (Lipinski definition) is 1. The fourth-order valence-electron chi connectivity index (χ4n) is 2.54. The highest BCUT2D eigenvalue weighted by Crippen LogP contribution is 2.26. The number of aromatic nitrogens is 2. The summed E-state index contributed by atoms with van der Waals surface area (Å²) in [7, 11) is 0. The Hall–Kier alpha value is -1.82. The number of rotatable bonds is 5. The lowest BCUT2D eigenvalue weighted by Gasteiger charge is -2.11. The monoisotopic (exact) mass is 365 g/mol. The van der Waals surface area contributed by atoms with Gasteiger partial charge in [0.05, 0.1) is 22.8 Å². The number of anilines is 1. The summed E-state index contributed by atoms with van der Waals surface area (Å²) in [6, 6.07) is 7.05. The predicted octanol–water partition coefficient (Wildman–Crippen LogP) is 3.88. The van der Waals surface area contributed by atoms with Crippen molar-refractivity contribution in [3.05, 3.63) is 52.1 Å². The molecule has 126 valence electrons. The second-order valence-electron chi connectivity index (χ2n) is 5.59. The number of carbonyl (C=O) groups is 1. The number of amides is 1. The van der Waals surface area contributed by atoms with Crippen LogP contribution in [0.25, 0.3) is 6.08 Å². The Balaban J connectivity index is 1.64. The first-order valence-corrected chi connectivity index (χ1v) is 8.41. The fourth-order valence-corrected chi connectivity index (χ4v) is 2.91. The molecular weight excluding hydrogens is 349 g/mol. The zero-order valence-corrected chi connectivity index (χ0v) is 14.4. The van der Waals surface area contributed by atoms with Crippen molar-refractivity contribution in [2.45, 2.75) is 13.0 Å². The highest BCUT2D eigenvalue weighted by molar-refractivity contribution is 6.42. The van der Waals surface area contributed by atoms with Gasteiger partial charge in [-0.2, -0.15) is 5.10 Å². The molecule has 1 saturated heterocycles. The van der Waals surface area contributed by atoms with E-state index in [2.05, 4.69) is 10.4 Å². The number of nitrogens with one attached hydrogen (secondary N) is 1. The van der Waals surface area contributed by atoms with Crippen LogP contribution < -0.4 is 5.32 Å². The summed E-state index contributed by atoms with van der Waals surface area (Å²) < 4.78 is 7.16. The molecule has 1 aromatic heterocycles. The maximum Gasteiger partial charge on any atom is 0.249 e. The van der Waals surface area contributed by atoms with Crippen LogP contribution in [0.1, 0.15) is 12.0 Å². The minimum Gasteiger partial charge on any atom is -0.381 e. The van der Waals surface area contributed by atoms with E-state index in [9.17, 15) is 4.79 Å². The molecule has 1 aromatic carbocycles. The Morgan fingerprint density at radius 2 is 2.29 bits per heavy atom. The lowest BCUT2D eigenvalue weighted by molar-refractivity contribution is -0.111. The number of hydrogen-bond acceptors (Lipinski definition) is 3. The van der Waals surface area contributed by atoms with Crippen molar-refractivity contribution in [1.29, 1.82) is 0 Å². The molecule has 3 rings (SSSR count). The van der Waals surface area contributed by atoms with Gasteiger partial charge in [0.15, 0.2) is 0 Å². The van der Waals surface area contributed by atoms with Crippen LogP contribution in [0, 0.1) is 5.92 Å². The van der Waals surface area contributed by atoms with Crippen LogP contribution in [0.2, 0.25) is 10.0 Å². The molecule has 1 aliphatic heterocycles. The van der Waals surface area contributed by atoms with Gasteiger partial charge in [0, 0.05) is 31.2 Å². The van der Waals surface area contributed by atoms with Crippen LogP contribution in [0.4, 0.5) is 5.82 Å². The Labute approximate surface area is 150 Å². The Morgan fingerprint density at radius 3 is 3.08 bits per heavy atom. The van der Waals surface area contributed by atoms with E-state index in [-0.39, 0.29) is 5.91 Å². The number of carbonyl (C=O) groups excluding carboxylic acids is 1. The lowest BCUT2D eigenvalue weighted by Crippen LogP contribution is -2.17. The van der Waals surface area contributed by atoms with Crippen molar-refractivity contribution in [3.63, 3.8) is 0 Å². The minimum atomic E-state index is -0.254. The molecule has 1 fully saturated rings. The SMILES string of the molecule is O=C(/C=C\c1cccc(Cl)c1Cl)Nc1ccnn1C[C@@H]1CCOC1. The standard InChI is InChI=1S/C17H17Cl2N3O2/c18-14-3-1-2-13(17(14)19)4-5-16(23)21-15-6-8-20-22(15)10-12-7-9-24-11-12/h1-6,8,12H,7,9-11H2,(H,21,23)/b5-4-/t12-/m0/s1. The summed E-state index contributed by atoms with van der Waals surface area (Å²) in [5.74, 6) is 0.838. The molecule has 1 atom stereocenters. The molecule has 0 aliphatic carbocycles. The Kier molecular flexibility index (Phi) is 5.56. The summed E-state index contributed by atoms with van der Waals surface area (Å²) in [5, 5.41) is 7.97. The minimum absolute atomic E-state index is 0.254. The van der Waals surface area contributed by atoms with Crippen molar-refractivity contribution in [2.75, 3.05) is 18.5 Å². The molecule has 0 bridgehead atoms. The van der Waals surface area contributed by atoms with Crippen molar-refractivity contribution in [1.82, 2.24) is 9.78 Å². The predicted molar refractivity (Wildman–Crippen MR) is 95.3 cm³/mol. The normalized spacial score (nSPS) is 17.5. The van der Waals surface area contributed by atoms with Gasteiger partial charge in [0.1, 0.15) is 5.82 Å². The van der Waals surface area contributed by atoms with Crippen LogP contribution >= 0.6 is 23.2 Å². The molecule has 0 saturated carbocycles. The summed E-state index contributed by atoms with van der Waals surface area (Å²) in [6.45, 7) is 2.25. The molecule has 24 heavy (non-hydrogen) atoms. The van der Waals surface area contributed by atoms with E-state index in [1.807, 2.05) is 0 Å². The van der Waals surface area contributed by atoms with E-state index < -0.39 is 0 Å². The van der Waals surface area contributed by atoms with Gasteiger partial charge in [-0.25, -0.2) is 4.68 Å². The highest BCUT2D eigenvalue weighted by atomic mass is 35.5. The zero-order valence-electron chi connectivity index (χ0n) is 12.9. The quantitative estimate of drug-likeness (QED) is 0.818. The maximum absolute atomic E-state index is 12.1. The first-order valence-electron chi connectivity index (χ1n) is 7.66. The molecule has 2 aromatic rings. The van der Waals surface area contributed by atoms with Crippen molar-refractivity contribution < 1.29 is 9.53 Å². The van der Waals surface area contributed by atoms with Gasteiger partial charge in [-0.1, -0.05) is 35.3 Å². The van der Waals surface area contributed by atoms with Gasteiger partial charge >= 0.3 is 0 Å². The van der Waals surface area contributed by atoms with Gasteiger partial charge in [-0.3, -0.25) is 4.79 Å². The third-order valence-corrected chi connectivity index (χ3v) is 4.65. The molecule has 7 heteroatoms. The van der Waals surface area contributed by atoms with Crippen LogP contribution in [-0.4, -0.2) is 28.9 Å². The van der Waals surface area contributed by atoms with E-state index in [4.69, 9.17) is 27.9 Å². The Morgan fingerprint density at radius 1 is 1.42 bits per heavy atom. The van der Waals surface area contributed by atoms with Crippen LogP contribution in [0.15, 0.2) is 36.5 Å². The van der Waals surface area contributed by atoms with Crippen molar-refractivity contribution >= 4 is 41.0 Å². The molecule has 1 N–H and O–H groups in total. The van der Waals surface area contributed by atoms with Gasteiger partial charge in [-0.15, -0.1) is 0 Å². The molecular formula is C17H17Cl2N3O2. The number of halogens is 2. The third kappa shape index (κ3) is 4.17. The van der Waals surface area contributed by atoms with Crippen LogP contribution in [0.3, 0.4) is 0 Å². The van der Waals surface area contributed by atoms with E-state index >= 15 is 0 Å². The smallest absolute Gasteiger partial charge is 0.249 e. The molecule has 1 amide bonds. The topological polar surface area (TPSA) is 56.2 Å². The van der Waals surface area contributed by atoms with Gasteiger partial charge in [0.25, 0.3) is 0 Å². The Bertz CT molecular complexity index is 752. The first kappa shape index (κ1) is 17.0. The van der Waals surface area contributed by atoms with E-state index in [0.29, 0.717) is 27.3 Å². The molecule has 1 aliphatic rings. The lowest BCUT2D eigenvalue weighted by atomic mass is 10.1. The van der Waals surface area contributed by atoms with Crippen LogP contribution in [0.5, 0.6) is 0 Å². The molecule has 0 unspecified atom stereocenters. The molecule has 2 heterocycles. The molecule has 0 spiro atoms. The zero-order chi connectivity index (χ0) is 16.9. The summed E-state index contributed by atoms with van der Waals surface area (Å²) in [4.78, 5) is 12.1. The molecule has 5 nitrogen and oxygen atoms in total. The second-order valence-corrected chi connectivity index (χ2v) is 6.38. The maximum atomic E-state index is 12.1. The van der Waals surface area contributed by atoms with E-state index in [0.717, 1.165) is 26.2 Å². The summed E-state index contributed by atoms with van der Waals surface area (Å²) >= 11 is 12.1. The number of ether oxygens (including phenoxy) is 1. The highest BCUT2D eigenvalue weighted by Gasteiger charge is 2.18. The molecule has 0 radical (unpaired) electrons. The van der Waals surface area contributed by atoms with Gasteiger partial charge in [0.2, 0.25) is 5.91 Å². The van der Waals surface area contributed by atoms with Crippen molar-refractivity contribution in [3.8, 4) is 0 Å². The largest absolute Gasteiger partial charge is 0.381 e. The van der Waals surface area contributed by atoms with Crippen LogP contribution in [-0.2, 0) is 16.1 Å². The summed E-state index contributed by atoms with van der Waals surface area (Å²) in [6.07, 6.45) is 5.74.